The Labute approximate surface area is 139 Å². The van der Waals surface area contributed by atoms with E-state index < -0.39 is 9.84 Å². The number of fused-ring (bicyclic) bond motifs is 1. The van der Waals surface area contributed by atoms with Crippen LogP contribution in [0.1, 0.15) is 18.9 Å². The van der Waals surface area contributed by atoms with Crippen molar-refractivity contribution in [3.8, 4) is 0 Å². The van der Waals surface area contributed by atoms with Crippen LogP contribution in [0.2, 0.25) is 0 Å². The van der Waals surface area contributed by atoms with E-state index >= 15 is 0 Å². The van der Waals surface area contributed by atoms with Gasteiger partial charge < -0.3 is 5.32 Å². The highest BCUT2D eigenvalue weighted by Crippen LogP contribution is 2.26. The van der Waals surface area contributed by atoms with Crippen molar-refractivity contribution in [1.82, 2.24) is 10.2 Å². The highest BCUT2D eigenvalue weighted by atomic mass is 32.2. The smallest absolute Gasteiger partial charge is 0.234 e. The minimum absolute atomic E-state index is 0.0593. The number of rotatable bonds is 6. The van der Waals surface area contributed by atoms with Gasteiger partial charge in [-0.15, -0.1) is 10.2 Å². The average Bonchev–Trinajstić information content (AvgIpc) is 3.03. The van der Waals surface area contributed by atoms with Crippen LogP contribution in [0.25, 0.3) is 10.8 Å². The van der Waals surface area contributed by atoms with Gasteiger partial charge in [-0.1, -0.05) is 60.7 Å². The van der Waals surface area contributed by atoms with Crippen LogP contribution >= 0.6 is 11.3 Å². The first-order chi connectivity index (χ1) is 11.1. The monoisotopic (exact) mass is 347 g/mol. The van der Waals surface area contributed by atoms with Gasteiger partial charge in [0.15, 0.2) is 0 Å². The SMILES string of the molecule is CCCNc1nnc(S(=O)(=O)Cc2cccc3ccccc23)s1. The summed E-state index contributed by atoms with van der Waals surface area (Å²) in [4.78, 5) is 0. The Morgan fingerprint density at radius 1 is 1.09 bits per heavy atom. The van der Waals surface area contributed by atoms with Crippen molar-refractivity contribution in [3.05, 3.63) is 48.0 Å². The molecule has 0 fully saturated rings. The van der Waals surface area contributed by atoms with Crippen LogP contribution in [0.15, 0.2) is 46.8 Å². The van der Waals surface area contributed by atoms with Gasteiger partial charge in [-0.25, -0.2) is 8.42 Å². The summed E-state index contributed by atoms with van der Waals surface area (Å²) in [6.45, 7) is 2.78. The molecule has 0 spiro atoms. The van der Waals surface area contributed by atoms with Crippen LogP contribution in [-0.4, -0.2) is 25.2 Å². The number of nitrogens with zero attached hydrogens (tertiary/aromatic N) is 2. The lowest BCUT2D eigenvalue weighted by molar-refractivity contribution is 0.593. The van der Waals surface area contributed by atoms with Crippen molar-refractivity contribution in [3.63, 3.8) is 0 Å². The molecule has 0 aliphatic carbocycles. The predicted molar refractivity (Wildman–Crippen MR) is 93.5 cm³/mol. The molecule has 1 aromatic heterocycles. The molecule has 23 heavy (non-hydrogen) atoms. The van der Waals surface area contributed by atoms with E-state index in [1.807, 2.05) is 49.4 Å². The molecule has 2 aromatic carbocycles. The van der Waals surface area contributed by atoms with E-state index in [4.69, 9.17) is 0 Å². The molecule has 5 nitrogen and oxygen atoms in total. The molecule has 3 aromatic rings. The fraction of sp³-hybridized carbons (Fsp3) is 0.250. The van der Waals surface area contributed by atoms with E-state index in [0.717, 1.165) is 40.6 Å². The number of sulfone groups is 1. The number of hydrogen-bond acceptors (Lipinski definition) is 6. The molecular weight excluding hydrogens is 330 g/mol. The molecule has 0 saturated heterocycles. The van der Waals surface area contributed by atoms with Crippen molar-refractivity contribution in [2.75, 3.05) is 11.9 Å². The van der Waals surface area contributed by atoms with Crippen LogP contribution in [0, 0.1) is 0 Å². The van der Waals surface area contributed by atoms with Gasteiger partial charge in [0.05, 0.1) is 5.75 Å². The Kier molecular flexibility index (Phi) is 4.58. The lowest BCUT2D eigenvalue weighted by Crippen LogP contribution is -2.05. The fourth-order valence-corrected chi connectivity index (χ4v) is 4.70. The molecular formula is C16H17N3O2S2. The lowest BCUT2D eigenvalue weighted by atomic mass is 10.1. The van der Waals surface area contributed by atoms with Crippen LogP contribution in [0.4, 0.5) is 5.13 Å². The van der Waals surface area contributed by atoms with Gasteiger partial charge >= 0.3 is 0 Å². The lowest BCUT2D eigenvalue weighted by Gasteiger charge is -2.05. The third-order valence-electron chi connectivity index (χ3n) is 3.42. The van der Waals surface area contributed by atoms with Gasteiger partial charge in [0.2, 0.25) is 19.3 Å². The molecule has 3 rings (SSSR count). The Balaban J connectivity index is 1.89. The topological polar surface area (TPSA) is 72.0 Å². The zero-order valence-electron chi connectivity index (χ0n) is 12.7. The normalized spacial score (nSPS) is 11.7. The van der Waals surface area contributed by atoms with E-state index in [0.29, 0.717) is 5.13 Å². The summed E-state index contributed by atoms with van der Waals surface area (Å²) in [5.74, 6) is -0.0727. The second-order valence-corrected chi connectivity index (χ2v) is 8.34. The summed E-state index contributed by atoms with van der Waals surface area (Å²) in [5.41, 5.74) is 0.779. The third-order valence-corrected chi connectivity index (χ3v) is 6.42. The molecule has 0 aliphatic heterocycles. The molecule has 0 bridgehead atoms. The van der Waals surface area contributed by atoms with Crippen molar-refractivity contribution < 1.29 is 8.42 Å². The largest absolute Gasteiger partial charge is 0.360 e. The Morgan fingerprint density at radius 2 is 1.87 bits per heavy atom. The maximum absolute atomic E-state index is 12.6. The van der Waals surface area contributed by atoms with Gasteiger partial charge in [0.1, 0.15) is 0 Å². The van der Waals surface area contributed by atoms with Gasteiger partial charge in [0, 0.05) is 6.54 Å². The van der Waals surface area contributed by atoms with E-state index in [-0.39, 0.29) is 10.1 Å². The number of hydrogen-bond donors (Lipinski definition) is 1. The summed E-state index contributed by atoms with van der Waals surface area (Å²) >= 11 is 1.08. The Morgan fingerprint density at radius 3 is 2.70 bits per heavy atom. The first-order valence-corrected chi connectivity index (χ1v) is 9.84. The zero-order chi connectivity index (χ0) is 16.3. The van der Waals surface area contributed by atoms with Gasteiger partial charge in [0.25, 0.3) is 0 Å². The van der Waals surface area contributed by atoms with Gasteiger partial charge in [-0.2, -0.15) is 0 Å². The molecule has 0 atom stereocenters. The molecule has 7 heteroatoms. The predicted octanol–water partition coefficient (Wildman–Crippen LogP) is 3.49. The molecule has 1 N–H and O–H groups in total. The molecule has 0 aliphatic rings. The average molecular weight is 347 g/mol. The summed E-state index contributed by atoms with van der Waals surface area (Å²) in [7, 11) is -3.50. The molecule has 0 unspecified atom stereocenters. The number of anilines is 1. The number of benzene rings is 2. The van der Waals surface area contributed by atoms with Crippen LogP contribution < -0.4 is 5.32 Å². The number of aromatic nitrogens is 2. The Bertz CT molecular complexity index is 914. The quantitative estimate of drug-likeness (QED) is 0.739. The highest BCUT2D eigenvalue weighted by Gasteiger charge is 2.21. The van der Waals surface area contributed by atoms with Crippen LogP contribution in [-0.2, 0) is 15.6 Å². The summed E-state index contributed by atoms with van der Waals surface area (Å²) < 4.78 is 25.3. The van der Waals surface area contributed by atoms with Crippen LogP contribution in [0.5, 0.6) is 0 Å². The number of nitrogens with one attached hydrogen (secondary N) is 1. The van der Waals surface area contributed by atoms with Crippen molar-refractivity contribution in [2.45, 2.75) is 23.4 Å². The highest BCUT2D eigenvalue weighted by molar-refractivity contribution is 7.92. The standard InChI is InChI=1S/C16H17N3O2S2/c1-2-10-17-15-18-19-16(22-15)23(20,21)11-13-8-5-7-12-6-3-4-9-14(12)13/h3-9H,2,10-11H2,1H3,(H,17,18). The maximum atomic E-state index is 12.6. The van der Waals surface area contributed by atoms with Crippen molar-refractivity contribution in [2.24, 2.45) is 0 Å². The first kappa shape index (κ1) is 15.9. The van der Waals surface area contributed by atoms with Crippen molar-refractivity contribution in [1.29, 1.82) is 0 Å². The second kappa shape index (κ2) is 6.64. The Hall–Kier alpha value is -1.99. The maximum Gasteiger partial charge on any atom is 0.234 e. The van der Waals surface area contributed by atoms with E-state index in [2.05, 4.69) is 15.5 Å². The second-order valence-electron chi connectivity index (χ2n) is 5.20. The van der Waals surface area contributed by atoms with E-state index in [1.54, 1.807) is 0 Å². The zero-order valence-corrected chi connectivity index (χ0v) is 14.3. The molecule has 0 saturated carbocycles. The first-order valence-electron chi connectivity index (χ1n) is 7.37. The van der Waals surface area contributed by atoms with Crippen molar-refractivity contribution >= 4 is 37.1 Å². The minimum Gasteiger partial charge on any atom is -0.360 e. The third kappa shape index (κ3) is 3.51. The molecule has 1 heterocycles. The molecule has 0 radical (unpaired) electrons. The van der Waals surface area contributed by atoms with Crippen LogP contribution in [0.3, 0.4) is 0 Å². The van der Waals surface area contributed by atoms with Gasteiger partial charge in [-0.3, -0.25) is 0 Å². The fourth-order valence-electron chi connectivity index (χ4n) is 2.32. The van der Waals surface area contributed by atoms with E-state index in [9.17, 15) is 8.42 Å². The summed E-state index contributed by atoms with van der Waals surface area (Å²) in [5, 5.41) is 13.3. The van der Waals surface area contributed by atoms with Gasteiger partial charge in [-0.05, 0) is 22.8 Å². The summed E-state index contributed by atoms with van der Waals surface area (Å²) in [6, 6.07) is 13.5. The molecule has 120 valence electrons. The molecule has 0 amide bonds. The minimum atomic E-state index is -3.50. The van der Waals surface area contributed by atoms with E-state index in [1.165, 1.54) is 0 Å². The summed E-state index contributed by atoms with van der Waals surface area (Å²) in [6.07, 6.45) is 0.942.